The first-order valence-corrected chi connectivity index (χ1v) is 8.94. The maximum Gasteiger partial charge on any atom is 0.274 e. The zero-order valence-corrected chi connectivity index (χ0v) is 14.2. The molecule has 128 valence electrons. The zero-order valence-electron chi connectivity index (χ0n) is 13.4. The molecular weight excluding hydrogens is 338 g/mol. The van der Waals surface area contributed by atoms with Gasteiger partial charge in [-0.15, -0.1) is 11.3 Å². The third-order valence-electron chi connectivity index (χ3n) is 4.13. The van der Waals surface area contributed by atoms with Gasteiger partial charge in [-0.1, -0.05) is 6.07 Å². The molecular formula is C17H17N5O2S. The molecule has 1 saturated heterocycles. The molecule has 0 aliphatic carbocycles. The molecule has 2 N–H and O–H groups in total. The summed E-state index contributed by atoms with van der Waals surface area (Å²) in [5.41, 5.74) is 2.15. The number of aliphatic hydroxyl groups excluding tert-OH is 1. The number of nitrogens with one attached hydrogen (secondary N) is 1. The van der Waals surface area contributed by atoms with Crippen LogP contribution in [0.25, 0.3) is 10.2 Å². The lowest BCUT2D eigenvalue weighted by Crippen LogP contribution is -2.30. The number of thiophene rings is 1. The van der Waals surface area contributed by atoms with Gasteiger partial charge in [-0.3, -0.25) is 9.78 Å². The van der Waals surface area contributed by atoms with Crippen molar-refractivity contribution in [3.8, 4) is 0 Å². The molecule has 0 radical (unpaired) electrons. The highest BCUT2D eigenvalue weighted by molar-refractivity contribution is 7.17. The molecule has 3 aromatic rings. The Bertz CT molecular complexity index is 898. The summed E-state index contributed by atoms with van der Waals surface area (Å²) in [6.45, 7) is 1.43. The predicted molar refractivity (Wildman–Crippen MR) is 95.5 cm³/mol. The Balaban J connectivity index is 1.62. The van der Waals surface area contributed by atoms with E-state index in [1.165, 1.54) is 11.3 Å². The van der Waals surface area contributed by atoms with Crippen LogP contribution < -0.4 is 5.32 Å². The molecule has 1 aliphatic rings. The molecule has 0 saturated carbocycles. The summed E-state index contributed by atoms with van der Waals surface area (Å²) in [7, 11) is 0. The largest absolute Gasteiger partial charge is 0.391 e. The lowest BCUT2D eigenvalue weighted by atomic mass is 10.3. The maximum atomic E-state index is 12.8. The number of pyridine rings is 1. The number of hydrogen-bond acceptors (Lipinski definition) is 7. The lowest BCUT2D eigenvalue weighted by Gasteiger charge is -2.16. The van der Waals surface area contributed by atoms with Crippen molar-refractivity contribution in [1.82, 2.24) is 19.9 Å². The Labute approximate surface area is 148 Å². The molecule has 1 amide bonds. The third-order valence-corrected chi connectivity index (χ3v) is 5.04. The van der Waals surface area contributed by atoms with E-state index >= 15 is 0 Å². The number of hydrogen-bond donors (Lipinski definition) is 2. The molecule has 4 rings (SSSR count). The van der Waals surface area contributed by atoms with Crippen LogP contribution in [0.2, 0.25) is 0 Å². The third kappa shape index (κ3) is 3.31. The Kier molecular flexibility index (Phi) is 4.29. The van der Waals surface area contributed by atoms with Crippen LogP contribution in [0.4, 0.5) is 5.95 Å². The van der Waals surface area contributed by atoms with Crippen molar-refractivity contribution in [2.24, 2.45) is 0 Å². The highest BCUT2D eigenvalue weighted by atomic mass is 32.1. The van der Waals surface area contributed by atoms with Crippen molar-refractivity contribution in [2.75, 3.05) is 18.4 Å². The number of anilines is 1. The number of rotatable bonds is 4. The standard InChI is InChI=1S/C17H17N5O2S/c23-12-3-6-22(10-12)16(24)14-15-13(4-7-25-15)20-17(21-14)19-9-11-2-1-5-18-8-11/h1-2,4-5,7-8,12,23H,3,6,9-10H2,(H,19,20,21)/t12-/m0/s1. The second-order valence-corrected chi connectivity index (χ2v) is 6.86. The summed E-state index contributed by atoms with van der Waals surface area (Å²) in [6.07, 6.45) is 3.65. The topological polar surface area (TPSA) is 91.2 Å². The van der Waals surface area contributed by atoms with Crippen LogP contribution in [0.15, 0.2) is 36.0 Å². The van der Waals surface area contributed by atoms with Crippen LogP contribution in [0.5, 0.6) is 0 Å². The van der Waals surface area contributed by atoms with E-state index in [1.807, 2.05) is 23.6 Å². The Morgan fingerprint density at radius 1 is 1.40 bits per heavy atom. The molecule has 1 aliphatic heterocycles. The predicted octanol–water partition coefficient (Wildman–Crippen LogP) is 1.91. The fraction of sp³-hybridized carbons (Fsp3) is 0.294. The number of carbonyl (C=O) groups is 1. The molecule has 0 bridgehead atoms. The molecule has 1 fully saturated rings. The van der Waals surface area contributed by atoms with Gasteiger partial charge in [0, 0.05) is 32.0 Å². The molecule has 1 atom stereocenters. The average molecular weight is 355 g/mol. The maximum absolute atomic E-state index is 12.8. The molecule has 0 spiro atoms. The van der Waals surface area contributed by atoms with Gasteiger partial charge in [0.2, 0.25) is 5.95 Å². The van der Waals surface area contributed by atoms with Crippen molar-refractivity contribution >= 4 is 33.4 Å². The molecule has 8 heteroatoms. The monoisotopic (exact) mass is 355 g/mol. The zero-order chi connectivity index (χ0) is 17.2. The normalized spacial score (nSPS) is 17.2. The van der Waals surface area contributed by atoms with E-state index in [9.17, 15) is 9.90 Å². The van der Waals surface area contributed by atoms with Gasteiger partial charge in [-0.2, -0.15) is 0 Å². The number of aromatic nitrogens is 3. The van der Waals surface area contributed by atoms with Crippen molar-refractivity contribution in [2.45, 2.75) is 19.1 Å². The van der Waals surface area contributed by atoms with E-state index in [4.69, 9.17) is 0 Å². The van der Waals surface area contributed by atoms with Crippen LogP contribution in [-0.2, 0) is 6.54 Å². The molecule has 4 heterocycles. The fourth-order valence-corrected chi connectivity index (χ4v) is 3.66. The summed E-state index contributed by atoms with van der Waals surface area (Å²) in [5, 5.41) is 14.8. The van der Waals surface area contributed by atoms with Gasteiger partial charge in [-0.25, -0.2) is 9.97 Å². The molecule has 0 unspecified atom stereocenters. The first-order chi connectivity index (χ1) is 12.2. The fourth-order valence-electron chi connectivity index (χ4n) is 2.85. The van der Waals surface area contributed by atoms with Gasteiger partial charge in [0.25, 0.3) is 5.91 Å². The number of fused-ring (bicyclic) bond motifs is 1. The van der Waals surface area contributed by atoms with Gasteiger partial charge >= 0.3 is 0 Å². The number of aliphatic hydroxyl groups is 1. The van der Waals surface area contributed by atoms with Gasteiger partial charge in [0.05, 0.1) is 16.3 Å². The quantitative estimate of drug-likeness (QED) is 0.743. The van der Waals surface area contributed by atoms with Crippen LogP contribution in [0, 0.1) is 0 Å². The van der Waals surface area contributed by atoms with Crippen molar-refractivity contribution in [3.05, 3.63) is 47.2 Å². The summed E-state index contributed by atoms with van der Waals surface area (Å²) >= 11 is 1.45. The van der Waals surface area contributed by atoms with E-state index in [0.29, 0.717) is 37.7 Å². The van der Waals surface area contributed by atoms with Crippen LogP contribution in [0.1, 0.15) is 22.5 Å². The summed E-state index contributed by atoms with van der Waals surface area (Å²) in [4.78, 5) is 27.5. The SMILES string of the molecule is O=C(c1nc(NCc2cccnc2)nc2ccsc12)N1CC[C@H](O)C1. The smallest absolute Gasteiger partial charge is 0.274 e. The second-order valence-electron chi connectivity index (χ2n) is 5.94. The van der Waals surface area contributed by atoms with Crippen LogP contribution in [0.3, 0.4) is 0 Å². The van der Waals surface area contributed by atoms with Crippen molar-refractivity contribution in [1.29, 1.82) is 0 Å². The van der Waals surface area contributed by atoms with Crippen molar-refractivity contribution in [3.63, 3.8) is 0 Å². The molecule has 0 aromatic carbocycles. The van der Waals surface area contributed by atoms with E-state index in [1.54, 1.807) is 17.3 Å². The number of nitrogens with zero attached hydrogens (tertiary/aromatic N) is 4. The number of amides is 1. The van der Waals surface area contributed by atoms with Gasteiger partial charge in [0.15, 0.2) is 5.69 Å². The second kappa shape index (κ2) is 6.73. The van der Waals surface area contributed by atoms with Gasteiger partial charge < -0.3 is 15.3 Å². The minimum absolute atomic E-state index is 0.157. The van der Waals surface area contributed by atoms with E-state index in [-0.39, 0.29) is 5.91 Å². The minimum Gasteiger partial charge on any atom is -0.391 e. The number of β-amino-alcohol motifs (C(OH)–C–C–N with tert-alkyl or cyclic N) is 1. The van der Waals surface area contributed by atoms with Crippen LogP contribution in [-0.4, -0.2) is 50.1 Å². The highest BCUT2D eigenvalue weighted by Gasteiger charge is 2.28. The molecule has 7 nitrogen and oxygen atoms in total. The van der Waals surface area contributed by atoms with Crippen LogP contribution >= 0.6 is 11.3 Å². The number of likely N-dealkylation sites (tertiary alicyclic amines) is 1. The average Bonchev–Trinajstić information content (AvgIpc) is 3.28. The summed E-state index contributed by atoms with van der Waals surface area (Å²) < 4.78 is 0.776. The minimum atomic E-state index is -0.451. The molecule has 25 heavy (non-hydrogen) atoms. The van der Waals surface area contributed by atoms with E-state index < -0.39 is 6.10 Å². The Morgan fingerprint density at radius 2 is 2.32 bits per heavy atom. The number of carbonyl (C=O) groups excluding carboxylic acids is 1. The van der Waals surface area contributed by atoms with E-state index in [0.717, 1.165) is 15.8 Å². The Hall–Kier alpha value is -2.58. The van der Waals surface area contributed by atoms with Crippen molar-refractivity contribution < 1.29 is 9.90 Å². The lowest BCUT2D eigenvalue weighted by molar-refractivity contribution is 0.0761. The Morgan fingerprint density at radius 3 is 3.08 bits per heavy atom. The highest BCUT2D eigenvalue weighted by Crippen LogP contribution is 2.26. The first-order valence-electron chi connectivity index (χ1n) is 8.06. The van der Waals surface area contributed by atoms with Gasteiger partial charge in [-0.05, 0) is 29.5 Å². The van der Waals surface area contributed by atoms with Gasteiger partial charge in [0.1, 0.15) is 0 Å². The summed E-state index contributed by atoms with van der Waals surface area (Å²) in [5.74, 6) is 0.258. The summed E-state index contributed by atoms with van der Waals surface area (Å²) in [6, 6.07) is 5.71. The molecule has 3 aromatic heterocycles. The van der Waals surface area contributed by atoms with E-state index in [2.05, 4.69) is 20.3 Å². The first kappa shape index (κ1) is 15.9.